The van der Waals surface area contributed by atoms with Gasteiger partial charge in [-0.25, -0.2) is 4.39 Å². The average molecular weight is 369 g/mol. The number of ether oxygens (including phenoxy) is 1. The van der Waals surface area contributed by atoms with Crippen LogP contribution >= 0.6 is 11.8 Å². The zero-order valence-electron chi connectivity index (χ0n) is 15.0. The number of guanidine groups is 1. The van der Waals surface area contributed by atoms with Crippen LogP contribution in [0.25, 0.3) is 0 Å². The van der Waals surface area contributed by atoms with Crippen molar-refractivity contribution in [3.8, 4) is 0 Å². The third-order valence-electron chi connectivity index (χ3n) is 3.84. The number of aliphatic imine (C=N–C) groups is 1. The largest absolute Gasteiger partial charge is 0.379 e. The number of halogens is 1. The van der Waals surface area contributed by atoms with Crippen LogP contribution in [-0.2, 0) is 4.74 Å². The van der Waals surface area contributed by atoms with Gasteiger partial charge in [0, 0.05) is 49.9 Å². The zero-order chi connectivity index (χ0) is 17.7. The fraction of sp³-hybridized carbons (Fsp3) is 0.611. The molecular weight excluding hydrogens is 339 g/mol. The molecule has 0 aromatic heterocycles. The minimum atomic E-state index is -0.156. The predicted molar refractivity (Wildman–Crippen MR) is 103 cm³/mol. The third kappa shape index (κ3) is 8.07. The smallest absolute Gasteiger partial charge is 0.191 e. The van der Waals surface area contributed by atoms with Gasteiger partial charge < -0.3 is 15.4 Å². The summed E-state index contributed by atoms with van der Waals surface area (Å²) in [5.41, 5.74) is 0. The number of benzene rings is 1. The van der Waals surface area contributed by atoms with Crippen LogP contribution in [0.1, 0.15) is 13.3 Å². The lowest BCUT2D eigenvalue weighted by molar-refractivity contribution is 0.0377. The first-order valence-corrected chi connectivity index (χ1v) is 9.97. The van der Waals surface area contributed by atoms with E-state index in [4.69, 9.17) is 4.74 Å². The number of thioether (sulfide) groups is 1. The SMILES string of the molecule is CCNC(=NCCCN1CCOCC1)NCCSc1ccccc1F. The van der Waals surface area contributed by atoms with Crippen LogP contribution in [0.15, 0.2) is 34.2 Å². The van der Waals surface area contributed by atoms with Gasteiger partial charge in [-0.2, -0.15) is 0 Å². The molecule has 0 radical (unpaired) electrons. The molecule has 1 heterocycles. The second-order valence-electron chi connectivity index (χ2n) is 5.77. The Balaban J connectivity index is 1.64. The standard InChI is InChI=1S/C18H29FN4OS/c1-2-20-18(21-8-5-10-23-11-13-24-14-12-23)22-9-15-25-17-7-4-3-6-16(17)19/h3-4,6-7H,2,5,8-15H2,1H3,(H2,20,21,22). The first-order chi connectivity index (χ1) is 12.3. The molecule has 1 saturated heterocycles. The van der Waals surface area contributed by atoms with Crippen molar-refractivity contribution in [1.29, 1.82) is 0 Å². The Kier molecular flexibility index (Phi) is 9.69. The topological polar surface area (TPSA) is 48.9 Å². The molecule has 2 N–H and O–H groups in total. The lowest BCUT2D eigenvalue weighted by Gasteiger charge is -2.26. The molecule has 1 aromatic carbocycles. The maximum absolute atomic E-state index is 13.6. The maximum Gasteiger partial charge on any atom is 0.191 e. The number of hydrogen-bond donors (Lipinski definition) is 2. The summed E-state index contributed by atoms with van der Waals surface area (Å²) < 4.78 is 18.9. The minimum absolute atomic E-state index is 0.156. The third-order valence-corrected chi connectivity index (χ3v) is 4.89. The van der Waals surface area contributed by atoms with Crippen LogP contribution < -0.4 is 10.6 Å². The van der Waals surface area contributed by atoms with Crippen molar-refractivity contribution < 1.29 is 9.13 Å². The summed E-state index contributed by atoms with van der Waals surface area (Å²) in [6, 6.07) is 6.88. The molecule has 25 heavy (non-hydrogen) atoms. The normalized spacial score (nSPS) is 16.0. The van der Waals surface area contributed by atoms with Gasteiger partial charge in [0.05, 0.1) is 13.2 Å². The highest BCUT2D eigenvalue weighted by molar-refractivity contribution is 7.99. The van der Waals surface area contributed by atoms with Gasteiger partial charge in [-0.05, 0) is 25.5 Å². The van der Waals surface area contributed by atoms with E-state index >= 15 is 0 Å². The van der Waals surface area contributed by atoms with E-state index < -0.39 is 0 Å². The Hall–Kier alpha value is -1.31. The van der Waals surface area contributed by atoms with Crippen molar-refractivity contribution in [1.82, 2.24) is 15.5 Å². The Morgan fingerprint density at radius 1 is 1.28 bits per heavy atom. The van der Waals surface area contributed by atoms with Crippen molar-refractivity contribution in [2.45, 2.75) is 18.2 Å². The molecule has 1 aliphatic heterocycles. The second-order valence-corrected chi connectivity index (χ2v) is 6.91. The fourth-order valence-corrected chi connectivity index (χ4v) is 3.35. The molecule has 0 bridgehead atoms. The van der Waals surface area contributed by atoms with Crippen LogP contribution in [-0.4, -0.2) is 69.1 Å². The van der Waals surface area contributed by atoms with Gasteiger partial charge in [0.15, 0.2) is 5.96 Å². The van der Waals surface area contributed by atoms with E-state index in [1.54, 1.807) is 6.07 Å². The molecule has 0 spiro atoms. The summed E-state index contributed by atoms with van der Waals surface area (Å²) in [7, 11) is 0. The molecule has 1 aliphatic rings. The van der Waals surface area contributed by atoms with Gasteiger partial charge in [0.1, 0.15) is 5.82 Å². The summed E-state index contributed by atoms with van der Waals surface area (Å²) in [6.45, 7) is 9.22. The second kappa shape index (κ2) is 12.1. The van der Waals surface area contributed by atoms with Gasteiger partial charge in [-0.1, -0.05) is 12.1 Å². The molecule has 1 fully saturated rings. The van der Waals surface area contributed by atoms with Crippen molar-refractivity contribution in [2.24, 2.45) is 4.99 Å². The van der Waals surface area contributed by atoms with Crippen molar-refractivity contribution in [3.05, 3.63) is 30.1 Å². The summed E-state index contributed by atoms with van der Waals surface area (Å²) in [5, 5.41) is 6.56. The minimum Gasteiger partial charge on any atom is -0.379 e. The lowest BCUT2D eigenvalue weighted by Crippen LogP contribution is -2.39. The molecule has 2 rings (SSSR count). The predicted octanol–water partition coefficient (Wildman–Crippen LogP) is 2.20. The quantitative estimate of drug-likeness (QED) is 0.303. The highest BCUT2D eigenvalue weighted by atomic mass is 32.2. The molecule has 0 amide bonds. The molecule has 1 aromatic rings. The first kappa shape index (κ1) is 20.0. The average Bonchev–Trinajstić information content (AvgIpc) is 2.64. The van der Waals surface area contributed by atoms with Crippen LogP contribution in [0, 0.1) is 5.82 Å². The molecule has 7 heteroatoms. The van der Waals surface area contributed by atoms with Crippen LogP contribution in [0.3, 0.4) is 0 Å². The van der Waals surface area contributed by atoms with E-state index in [-0.39, 0.29) is 5.82 Å². The van der Waals surface area contributed by atoms with Gasteiger partial charge in [-0.15, -0.1) is 11.8 Å². The van der Waals surface area contributed by atoms with Crippen molar-refractivity contribution in [2.75, 3.05) is 58.2 Å². The van der Waals surface area contributed by atoms with E-state index in [2.05, 4.69) is 27.4 Å². The Morgan fingerprint density at radius 3 is 2.84 bits per heavy atom. The van der Waals surface area contributed by atoms with Crippen molar-refractivity contribution in [3.63, 3.8) is 0 Å². The van der Waals surface area contributed by atoms with Crippen molar-refractivity contribution >= 4 is 17.7 Å². The van der Waals surface area contributed by atoms with Gasteiger partial charge in [0.25, 0.3) is 0 Å². The van der Waals surface area contributed by atoms with E-state index in [1.807, 2.05) is 12.1 Å². The first-order valence-electron chi connectivity index (χ1n) is 8.99. The summed E-state index contributed by atoms with van der Waals surface area (Å²) in [6.07, 6.45) is 1.04. The van der Waals surface area contributed by atoms with Gasteiger partial charge >= 0.3 is 0 Å². The summed E-state index contributed by atoms with van der Waals surface area (Å²) in [5.74, 6) is 1.47. The van der Waals surface area contributed by atoms with Gasteiger partial charge in [-0.3, -0.25) is 9.89 Å². The number of nitrogens with one attached hydrogen (secondary N) is 2. The lowest BCUT2D eigenvalue weighted by atomic mass is 10.3. The Morgan fingerprint density at radius 2 is 2.08 bits per heavy atom. The monoisotopic (exact) mass is 368 g/mol. The Labute approximate surface area is 154 Å². The van der Waals surface area contributed by atoms with E-state index in [0.29, 0.717) is 4.90 Å². The van der Waals surface area contributed by atoms with Gasteiger partial charge in [0.2, 0.25) is 0 Å². The van der Waals surface area contributed by atoms with Crippen LogP contribution in [0.2, 0.25) is 0 Å². The fourth-order valence-electron chi connectivity index (χ4n) is 2.54. The van der Waals surface area contributed by atoms with E-state index in [1.165, 1.54) is 17.8 Å². The Bertz CT molecular complexity index is 524. The molecule has 140 valence electrons. The maximum atomic E-state index is 13.6. The van der Waals surface area contributed by atoms with Crippen LogP contribution in [0.4, 0.5) is 4.39 Å². The zero-order valence-corrected chi connectivity index (χ0v) is 15.8. The number of nitrogens with zero attached hydrogens (tertiary/aromatic N) is 2. The molecule has 5 nitrogen and oxygen atoms in total. The van der Waals surface area contributed by atoms with Crippen LogP contribution in [0.5, 0.6) is 0 Å². The number of rotatable bonds is 9. The van der Waals surface area contributed by atoms with E-state index in [0.717, 1.165) is 70.6 Å². The highest BCUT2D eigenvalue weighted by Gasteiger charge is 2.09. The number of hydrogen-bond acceptors (Lipinski definition) is 4. The summed E-state index contributed by atoms with van der Waals surface area (Å²) >= 11 is 1.52. The van der Waals surface area contributed by atoms with E-state index in [9.17, 15) is 4.39 Å². The molecule has 0 saturated carbocycles. The number of morpholine rings is 1. The molecular formula is C18H29FN4OS. The highest BCUT2D eigenvalue weighted by Crippen LogP contribution is 2.20. The molecule has 0 atom stereocenters. The molecule has 0 unspecified atom stereocenters. The summed E-state index contributed by atoms with van der Waals surface area (Å²) in [4.78, 5) is 7.73. The molecule has 0 aliphatic carbocycles.